The number of halogens is 1. The zero-order valence-corrected chi connectivity index (χ0v) is 16.4. The van der Waals surface area contributed by atoms with Crippen molar-refractivity contribution in [2.75, 3.05) is 6.54 Å². The molecule has 1 fully saturated rings. The number of rotatable bonds is 1. The second-order valence-electron chi connectivity index (χ2n) is 7.87. The van der Waals surface area contributed by atoms with E-state index in [1.54, 1.807) is 0 Å². The molecule has 0 aromatic rings. The van der Waals surface area contributed by atoms with Crippen LogP contribution in [-0.4, -0.2) is 45.9 Å². The first-order valence-corrected chi connectivity index (χ1v) is 9.25. The van der Waals surface area contributed by atoms with Gasteiger partial charge in [0.25, 0.3) is 0 Å². The van der Waals surface area contributed by atoms with Gasteiger partial charge in [-0.15, -0.1) is 0 Å². The number of fused-ring (bicyclic) bond motifs is 1. The van der Waals surface area contributed by atoms with Crippen molar-refractivity contribution in [1.29, 1.82) is 0 Å². The Morgan fingerprint density at radius 3 is 2.76 bits per heavy atom. The molecule has 0 aromatic heterocycles. The van der Waals surface area contributed by atoms with Crippen LogP contribution in [0.2, 0.25) is 0 Å². The molecule has 0 radical (unpaired) electrons. The fraction of sp³-hybridized carbons (Fsp3) is 0.667. The molecule has 0 bridgehead atoms. The van der Waals surface area contributed by atoms with Gasteiger partial charge in [-0.05, 0) is 60.0 Å². The summed E-state index contributed by atoms with van der Waals surface area (Å²) in [5.74, 6) is 0.799. The maximum atomic E-state index is 12.6. The lowest BCUT2D eigenvalue weighted by Crippen LogP contribution is -2.55. The standard InChI is InChI=1S/C18H27ClN4O2/c1-11-12(2)20-15-10-13(21-23(15)16(11)19)14-8-6-7-9-22(14)17(24)25-18(3,4)5/h10,13-14,21H,6-9H2,1-5H3. The molecule has 6 nitrogen and oxygen atoms in total. The van der Waals surface area contributed by atoms with Crippen LogP contribution < -0.4 is 5.43 Å². The van der Waals surface area contributed by atoms with Gasteiger partial charge >= 0.3 is 6.09 Å². The number of carbonyl (C=O) groups is 1. The molecule has 1 N–H and O–H groups in total. The van der Waals surface area contributed by atoms with Crippen LogP contribution in [-0.2, 0) is 4.74 Å². The molecule has 3 aliphatic heterocycles. The number of piperidine rings is 1. The second kappa shape index (κ2) is 6.65. The Morgan fingerprint density at radius 1 is 1.36 bits per heavy atom. The zero-order valence-electron chi connectivity index (χ0n) is 15.6. The van der Waals surface area contributed by atoms with Gasteiger partial charge in [-0.2, -0.15) is 0 Å². The lowest BCUT2D eigenvalue weighted by Gasteiger charge is -2.39. The van der Waals surface area contributed by atoms with Crippen LogP contribution in [0.5, 0.6) is 0 Å². The summed E-state index contributed by atoms with van der Waals surface area (Å²) in [5, 5.41) is 2.46. The first-order valence-electron chi connectivity index (χ1n) is 8.87. The van der Waals surface area contributed by atoms with E-state index in [-0.39, 0.29) is 18.2 Å². The number of hydrazine groups is 1. The Balaban J connectivity index is 1.80. The van der Waals surface area contributed by atoms with E-state index in [4.69, 9.17) is 16.3 Å². The van der Waals surface area contributed by atoms with Crippen LogP contribution in [0.3, 0.4) is 0 Å². The summed E-state index contributed by atoms with van der Waals surface area (Å²) in [7, 11) is 0. The van der Waals surface area contributed by atoms with Crippen LogP contribution in [0.15, 0.2) is 27.6 Å². The van der Waals surface area contributed by atoms with Crippen LogP contribution >= 0.6 is 11.6 Å². The van der Waals surface area contributed by atoms with Gasteiger partial charge < -0.3 is 9.64 Å². The minimum absolute atomic E-state index is 0.0287. The number of aliphatic imine (C=N–C) groups is 1. The number of hydrogen-bond acceptors (Lipinski definition) is 5. The maximum absolute atomic E-state index is 12.6. The maximum Gasteiger partial charge on any atom is 0.410 e. The second-order valence-corrected chi connectivity index (χ2v) is 8.22. The minimum Gasteiger partial charge on any atom is -0.444 e. The third-order valence-electron chi connectivity index (χ3n) is 4.76. The van der Waals surface area contributed by atoms with Crippen LogP contribution in [0.4, 0.5) is 4.79 Å². The number of nitrogens with zero attached hydrogens (tertiary/aromatic N) is 3. The molecule has 0 saturated carbocycles. The fourth-order valence-corrected chi connectivity index (χ4v) is 3.65. The number of nitrogens with one attached hydrogen (secondary N) is 1. The zero-order chi connectivity index (χ0) is 18.4. The first-order chi connectivity index (χ1) is 11.7. The Morgan fingerprint density at radius 2 is 2.08 bits per heavy atom. The van der Waals surface area contributed by atoms with Gasteiger partial charge in [0.05, 0.1) is 12.1 Å². The summed E-state index contributed by atoms with van der Waals surface area (Å²) in [6, 6.07) is 0.000923. The summed E-state index contributed by atoms with van der Waals surface area (Å²) in [6.45, 7) is 10.3. The van der Waals surface area contributed by atoms with E-state index in [9.17, 15) is 4.79 Å². The monoisotopic (exact) mass is 366 g/mol. The molecule has 0 aromatic carbocycles. The lowest BCUT2D eigenvalue weighted by molar-refractivity contribution is 0.00572. The summed E-state index contributed by atoms with van der Waals surface area (Å²) in [6.07, 6.45) is 4.83. The van der Waals surface area contributed by atoms with E-state index in [1.807, 2.05) is 44.5 Å². The third-order valence-corrected chi connectivity index (χ3v) is 5.21. The molecule has 138 valence electrons. The van der Waals surface area contributed by atoms with E-state index < -0.39 is 5.60 Å². The van der Waals surface area contributed by atoms with Crippen LogP contribution in [0.25, 0.3) is 0 Å². The number of carbonyl (C=O) groups excluding carboxylic acids is 1. The highest BCUT2D eigenvalue weighted by Gasteiger charge is 2.39. The summed E-state index contributed by atoms with van der Waals surface area (Å²) in [5.41, 5.74) is 4.79. The summed E-state index contributed by atoms with van der Waals surface area (Å²) < 4.78 is 5.60. The average Bonchev–Trinajstić information content (AvgIpc) is 2.95. The minimum atomic E-state index is -0.497. The van der Waals surface area contributed by atoms with Crippen LogP contribution in [0, 0.1) is 0 Å². The molecule has 3 heterocycles. The van der Waals surface area contributed by atoms with Crippen molar-refractivity contribution in [1.82, 2.24) is 15.3 Å². The molecule has 1 saturated heterocycles. The SMILES string of the molecule is CC1=NC2=CC(C3CCCCN3C(=O)OC(C)(C)C)NN2C(Cl)=C1C. The molecule has 7 heteroatoms. The van der Waals surface area contributed by atoms with Crippen LogP contribution in [0.1, 0.15) is 53.9 Å². The van der Waals surface area contributed by atoms with Crippen molar-refractivity contribution in [2.24, 2.45) is 4.99 Å². The van der Waals surface area contributed by atoms with Gasteiger partial charge in [0.2, 0.25) is 0 Å². The summed E-state index contributed by atoms with van der Waals surface area (Å²) >= 11 is 6.47. The summed E-state index contributed by atoms with van der Waals surface area (Å²) in [4.78, 5) is 19.1. The van der Waals surface area contributed by atoms with Crippen molar-refractivity contribution < 1.29 is 9.53 Å². The molecule has 3 aliphatic rings. The highest BCUT2D eigenvalue weighted by Crippen LogP contribution is 2.33. The predicted octanol–water partition coefficient (Wildman–Crippen LogP) is 3.75. The molecule has 2 atom stereocenters. The molecule has 0 spiro atoms. The fourth-order valence-electron chi connectivity index (χ4n) is 3.38. The van der Waals surface area contributed by atoms with Gasteiger partial charge in [0, 0.05) is 17.8 Å². The Labute approximate surface area is 154 Å². The van der Waals surface area contributed by atoms with Gasteiger partial charge in [-0.25, -0.2) is 20.2 Å². The van der Waals surface area contributed by atoms with E-state index in [1.165, 1.54) is 0 Å². The first kappa shape index (κ1) is 18.3. The molecular weight excluding hydrogens is 340 g/mol. The van der Waals surface area contributed by atoms with Crippen molar-refractivity contribution in [2.45, 2.75) is 71.6 Å². The van der Waals surface area contributed by atoms with Gasteiger partial charge in [-0.3, -0.25) is 0 Å². The molecule has 2 unspecified atom stereocenters. The van der Waals surface area contributed by atoms with Gasteiger partial charge in [0.15, 0.2) is 0 Å². The average molecular weight is 367 g/mol. The highest BCUT2D eigenvalue weighted by molar-refractivity contribution is 6.32. The molecule has 25 heavy (non-hydrogen) atoms. The molecule has 0 aliphatic carbocycles. The van der Waals surface area contributed by atoms with Crippen molar-refractivity contribution in [3.63, 3.8) is 0 Å². The largest absolute Gasteiger partial charge is 0.444 e. The van der Waals surface area contributed by atoms with Crippen molar-refractivity contribution in [3.8, 4) is 0 Å². The topological polar surface area (TPSA) is 57.2 Å². The Kier molecular flexibility index (Phi) is 4.86. The van der Waals surface area contributed by atoms with E-state index in [0.717, 1.165) is 36.4 Å². The van der Waals surface area contributed by atoms with E-state index in [0.29, 0.717) is 11.7 Å². The molecule has 1 amide bonds. The van der Waals surface area contributed by atoms with Gasteiger partial charge in [0.1, 0.15) is 16.6 Å². The van der Waals surface area contributed by atoms with Gasteiger partial charge in [-0.1, -0.05) is 11.6 Å². The number of hydrogen-bond donors (Lipinski definition) is 1. The number of allylic oxidation sites excluding steroid dienone is 1. The molecular formula is C18H27ClN4O2. The third kappa shape index (κ3) is 3.70. The Hall–Kier alpha value is -1.53. The molecule has 3 rings (SSSR count). The predicted molar refractivity (Wildman–Crippen MR) is 99.1 cm³/mol. The number of ether oxygens (including phenoxy) is 1. The lowest BCUT2D eigenvalue weighted by atomic mass is 9.96. The van der Waals surface area contributed by atoms with Crippen molar-refractivity contribution in [3.05, 3.63) is 22.6 Å². The Bertz CT molecular complexity index is 662. The number of likely N-dealkylation sites (tertiary alicyclic amines) is 1. The smallest absolute Gasteiger partial charge is 0.410 e. The van der Waals surface area contributed by atoms with Crippen molar-refractivity contribution >= 4 is 23.4 Å². The van der Waals surface area contributed by atoms with E-state index >= 15 is 0 Å². The van der Waals surface area contributed by atoms with E-state index in [2.05, 4.69) is 16.5 Å². The highest BCUT2D eigenvalue weighted by atomic mass is 35.5. The quantitative estimate of drug-likeness (QED) is 0.718. The number of amides is 1. The normalized spacial score (nSPS) is 27.1.